The van der Waals surface area contributed by atoms with Gasteiger partial charge in [0, 0.05) is 21.7 Å². The van der Waals surface area contributed by atoms with Gasteiger partial charge in [-0.2, -0.15) is 5.10 Å². The summed E-state index contributed by atoms with van der Waals surface area (Å²) in [7, 11) is 0. The average molecular weight is 404 g/mol. The zero-order valence-corrected chi connectivity index (χ0v) is 14.4. The minimum Gasteiger partial charge on any atom is -0.508 e. The van der Waals surface area contributed by atoms with Gasteiger partial charge >= 0.3 is 0 Å². The summed E-state index contributed by atoms with van der Waals surface area (Å²) < 4.78 is 0.720. The van der Waals surface area contributed by atoms with Crippen molar-refractivity contribution in [3.05, 3.63) is 69.7 Å². The highest BCUT2D eigenvalue weighted by molar-refractivity contribution is 9.10. The second-order valence-corrected chi connectivity index (χ2v) is 5.69. The van der Waals surface area contributed by atoms with Crippen LogP contribution in [0.5, 0.6) is 5.75 Å². The molecule has 2 aromatic rings. The first-order valence-corrected chi connectivity index (χ1v) is 7.83. The van der Waals surface area contributed by atoms with E-state index in [9.17, 15) is 14.7 Å². The quantitative estimate of drug-likeness (QED) is 0.266. The highest BCUT2D eigenvalue weighted by Crippen LogP contribution is 2.19. The summed E-state index contributed by atoms with van der Waals surface area (Å²) >= 11 is 3.31. The molecule has 0 atom stereocenters. The summed E-state index contributed by atoms with van der Waals surface area (Å²) in [4.78, 5) is 23.1. The molecule has 0 fully saturated rings. The first kappa shape index (κ1) is 18.4. The van der Waals surface area contributed by atoms with Gasteiger partial charge in [0.15, 0.2) is 0 Å². The standard InChI is InChI=1S/C17H14BrN3O4/c18-15-6-5-14(22)9-13(15)10-19-20-17(24)12-3-1-2-11(8-12)4-7-16(23)21-25/h1-10,22,25H,(H,20,24)(H,21,23)/b7-4+,19-10+. The van der Waals surface area contributed by atoms with Gasteiger partial charge in [-0.15, -0.1) is 0 Å². The first-order chi connectivity index (χ1) is 12.0. The number of hydrogen-bond donors (Lipinski definition) is 4. The molecule has 0 aliphatic heterocycles. The number of halogens is 1. The van der Waals surface area contributed by atoms with Crippen molar-refractivity contribution in [1.82, 2.24) is 10.9 Å². The van der Waals surface area contributed by atoms with Crippen molar-refractivity contribution in [1.29, 1.82) is 0 Å². The van der Waals surface area contributed by atoms with E-state index in [-0.39, 0.29) is 5.75 Å². The van der Waals surface area contributed by atoms with Crippen molar-refractivity contribution in [2.45, 2.75) is 0 Å². The lowest BCUT2D eigenvalue weighted by molar-refractivity contribution is -0.124. The van der Waals surface area contributed by atoms with Crippen LogP contribution in [-0.2, 0) is 4.79 Å². The van der Waals surface area contributed by atoms with E-state index in [4.69, 9.17) is 5.21 Å². The number of nitrogens with one attached hydrogen (secondary N) is 2. The van der Waals surface area contributed by atoms with E-state index in [1.165, 1.54) is 29.9 Å². The number of hydroxylamine groups is 1. The lowest BCUT2D eigenvalue weighted by Gasteiger charge is -2.02. The van der Waals surface area contributed by atoms with E-state index < -0.39 is 11.8 Å². The predicted molar refractivity (Wildman–Crippen MR) is 96.3 cm³/mol. The molecule has 0 aliphatic carbocycles. The lowest BCUT2D eigenvalue weighted by Crippen LogP contribution is -2.17. The third-order valence-electron chi connectivity index (χ3n) is 3.04. The summed E-state index contributed by atoms with van der Waals surface area (Å²) in [5, 5.41) is 21.7. The van der Waals surface area contributed by atoms with Crippen LogP contribution in [0, 0.1) is 0 Å². The molecule has 0 aromatic heterocycles. The molecule has 7 nitrogen and oxygen atoms in total. The fourth-order valence-electron chi connectivity index (χ4n) is 1.85. The molecular weight excluding hydrogens is 390 g/mol. The molecule has 0 heterocycles. The maximum atomic E-state index is 12.1. The van der Waals surface area contributed by atoms with E-state index in [1.807, 2.05) is 0 Å². The molecule has 0 saturated heterocycles. The highest BCUT2D eigenvalue weighted by Gasteiger charge is 2.05. The normalized spacial score (nSPS) is 11.0. The van der Waals surface area contributed by atoms with Crippen LogP contribution in [0.1, 0.15) is 21.5 Å². The largest absolute Gasteiger partial charge is 0.508 e. The number of aromatic hydroxyl groups is 1. The number of carbonyl (C=O) groups is 2. The Morgan fingerprint density at radius 3 is 2.72 bits per heavy atom. The van der Waals surface area contributed by atoms with Crippen LogP contribution in [0.3, 0.4) is 0 Å². The maximum Gasteiger partial charge on any atom is 0.271 e. The third-order valence-corrected chi connectivity index (χ3v) is 3.76. The summed E-state index contributed by atoms with van der Waals surface area (Å²) in [5.41, 5.74) is 5.42. The first-order valence-electron chi connectivity index (χ1n) is 7.04. The molecule has 0 aliphatic rings. The molecule has 2 rings (SSSR count). The van der Waals surface area contributed by atoms with Crippen molar-refractivity contribution in [3.63, 3.8) is 0 Å². The van der Waals surface area contributed by atoms with E-state index in [0.29, 0.717) is 16.7 Å². The monoisotopic (exact) mass is 403 g/mol. The smallest absolute Gasteiger partial charge is 0.271 e. The van der Waals surface area contributed by atoms with E-state index in [2.05, 4.69) is 26.5 Å². The molecule has 0 unspecified atom stereocenters. The van der Waals surface area contributed by atoms with Gasteiger partial charge in [0.2, 0.25) is 0 Å². The Bertz CT molecular complexity index is 850. The van der Waals surface area contributed by atoms with Crippen LogP contribution in [-0.4, -0.2) is 28.3 Å². The number of phenols is 1. The van der Waals surface area contributed by atoms with Crippen molar-refractivity contribution in [3.8, 4) is 5.75 Å². The molecule has 0 saturated carbocycles. The zero-order chi connectivity index (χ0) is 18.2. The average Bonchev–Trinajstić information content (AvgIpc) is 2.62. The van der Waals surface area contributed by atoms with E-state index in [1.54, 1.807) is 30.3 Å². The van der Waals surface area contributed by atoms with Crippen LogP contribution < -0.4 is 10.9 Å². The van der Waals surface area contributed by atoms with Crippen molar-refractivity contribution in [2.75, 3.05) is 0 Å². The van der Waals surface area contributed by atoms with Crippen LogP contribution in [0.25, 0.3) is 6.08 Å². The van der Waals surface area contributed by atoms with Gasteiger partial charge in [0.25, 0.3) is 11.8 Å². The number of rotatable bonds is 5. The number of hydrazone groups is 1. The Morgan fingerprint density at radius 2 is 1.96 bits per heavy atom. The maximum absolute atomic E-state index is 12.1. The highest BCUT2D eigenvalue weighted by atomic mass is 79.9. The topological polar surface area (TPSA) is 111 Å². The second-order valence-electron chi connectivity index (χ2n) is 4.84. The van der Waals surface area contributed by atoms with Crippen LogP contribution >= 0.6 is 15.9 Å². The summed E-state index contributed by atoms with van der Waals surface area (Å²) in [6.45, 7) is 0. The molecule has 2 aromatic carbocycles. The third kappa shape index (κ3) is 5.55. The molecule has 25 heavy (non-hydrogen) atoms. The molecule has 0 radical (unpaired) electrons. The van der Waals surface area contributed by atoms with Crippen LogP contribution in [0.2, 0.25) is 0 Å². The number of carbonyl (C=O) groups excluding carboxylic acids is 2. The number of hydrogen-bond acceptors (Lipinski definition) is 5. The second kappa shape index (κ2) is 8.76. The predicted octanol–water partition coefficient (Wildman–Crippen LogP) is 2.44. The number of phenolic OH excluding ortho intramolecular Hbond substituents is 1. The Kier molecular flexibility index (Phi) is 6.44. The van der Waals surface area contributed by atoms with Crippen molar-refractivity contribution in [2.24, 2.45) is 5.10 Å². The van der Waals surface area contributed by atoms with Gasteiger partial charge in [-0.1, -0.05) is 28.1 Å². The van der Waals surface area contributed by atoms with E-state index >= 15 is 0 Å². The van der Waals surface area contributed by atoms with Gasteiger partial charge in [0.1, 0.15) is 5.75 Å². The molecule has 128 valence electrons. The Labute approximate surface area is 151 Å². The Morgan fingerprint density at radius 1 is 1.16 bits per heavy atom. The van der Waals surface area contributed by atoms with Gasteiger partial charge < -0.3 is 5.11 Å². The fourth-order valence-corrected chi connectivity index (χ4v) is 2.20. The number of nitrogens with zero attached hydrogens (tertiary/aromatic N) is 1. The van der Waals surface area contributed by atoms with Crippen molar-refractivity contribution < 1.29 is 19.9 Å². The summed E-state index contributed by atoms with van der Waals surface area (Å²) in [6, 6.07) is 11.2. The lowest BCUT2D eigenvalue weighted by atomic mass is 10.1. The van der Waals surface area contributed by atoms with Crippen LogP contribution in [0.15, 0.2) is 58.1 Å². The van der Waals surface area contributed by atoms with Crippen molar-refractivity contribution >= 4 is 40.0 Å². The molecule has 2 amide bonds. The number of benzene rings is 2. The molecule has 4 N–H and O–H groups in total. The fraction of sp³-hybridized carbons (Fsp3) is 0. The molecule has 0 spiro atoms. The molecule has 8 heteroatoms. The van der Waals surface area contributed by atoms with Crippen LogP contribution in [0.4, 0.5) is 0 Å². The zero-order valence-electron chi connectivity index (χ0n) is 12.8. The molecule has 0 bridgehead atoms. The Balaban J connectivity index is 2.06. The van der Waals surface area contributed by atoms with Gasteiger partial charge in [-0.05, 0) is 42.0 Å². The van der Waals surface area contributed by atoms with Gasteiger partial charge in [0.05, 0.1) is 6.21 Å². The molecular formula is C17H14BrN3O4. The number of amides is 2. The SMILES string of the molecule is O=C(/C=C/c1cccc(C(=O)N/N=C/c2cc(O)ccc2Br)c1)NO. The van der Waals surface area contributed by atoms with Gasteiger partial charge in [-0.25, -0.2) is 10.9 Å². The minimum atomic E-state index is -0.670. The van der Waals surface area contributed by atoms with Gasteiger partial charge in [-0.3, -0.25) is 14.8 Å². The Hall–Kier alpha value is -2.97. The van der Waals surface area contributed by atoms with E-state index in [0.717, 1.165) is 10.5 Å². The minimum absolute atomic E-state index is 0.0855. The summed E-state index contributed by atoms with van der Waals surface area (Å²) in [5.74, 6) is -1.02. The summed E-state index contributed by atoms with van der Waals surface area (Å²) in [6.07, 6.45) is 3.99.